The molecule has 0 radical (unpaired) electrons. The van der Waals surface area contributed by atoms with Crippen LogP contribution in [-0.4, -0.2) is 57.7 Å². The van der Waals surface area contributed by atoms with Gasteiger partial charge in [-0.25, -0.2) is 17.6 Å². The number of hydrogen-bond acceptors (Lipinski definition) is 5. The zero-order valence-electron chi connectivity index (χ0n) is 26.1. The average Bonchev–Trinajstić information content (AvgIpc) is 3.64. The van der Waals surface area contributed by atoms with Crippen LogP contribution < -0.4 is 10.5 Å². The van der Waals surface area contributed by atoms with E-state index in [1.165, 1.54) is 35.4 Å². The molecule has 0 N–H and O–H groups in total. The highest BCUT2D eigenvalue weighted by Gasteiger charge is 2.29. The van der Waals surface area contributed by atoms with Crippen LogP contribution in [0.25, 0.3) is 5.69 Å². The van der Waals surface area contributed by atoms with Crippen molar-refractivity contribution >= 4 is 23.2 Å². The molecule has 5 aromatic rings. The van der Waals surface area contributed by atoms with Crippen molar-refractivity contribution < 1.29 is 31.9 Å². The highest BCUT2D eigenvalue weighted by molar-refractivity contribution is 6.40. The Morgan fingerprint density at radius 2 is 1.33 bits per heavy atom. The van der Waals surface area contributed by atoms with Crippen LogP contribution in [0.15, 0.2) is 102 Å². The molecule has 6 rings (SSSR count). The summed E-state index contributed by atoms with van der Waals surface area (Å²) in [7, 11) is 0. The molecule has 250 valence electrons. The van der Waals surface area contributed by atoms with Gasteiger partial charge in [-0.1, -0.05) is 18.2 Å². The van der Waals surface area contributed by atoms with Crippen LogP contribution in [0.3, 0.4) is 0 Å². The van der Waals surface area contributed by atoms with Crippen molar-refractivity contribution in [3.8, 4) is 5.69 Å². The number of benzene rings is 3. The number of halogens is 4. The summed E-state index contributed by atoms with van der Waals surface area (Å²) in [5.74, 6) is -7.87. The lowest BCUT2D eigenvalue weighted by molar-refractivity contribution is -0.144. The van der Waals surface area contributed by atoms with Crippen LogP contribution in [-0.2, 0) is 22.6 Å². The largest absolute Gasteiger partial charge is 0.368 e. The number of piperazine rings is 1. The lowest BCUT2D eigenvalue weighted by Gasteiger charge is -2.35. The Morgan fingerprint density at radius 3 is 1.98 bits per heavy atom. The lowest BCUT2D eigenvalue weighted by Crippen LogP contribution is -2.51. The summed E-state index contributed by atoms with van der Waals surface area (Å²) in [6.07, 6.45) is 4.07. The number of amides is 1. The molecule has 49 heavy (non-hydrogen) atoms. The highest BCUT2D eigenvalue weighted by Crippen LogP contribution is 2.21. The Bertz CT molecular complexity index is 2060. The molecule has 1 amide bonds. The number of carbonyl (C=O) groups is 3. The van der Waals surface area contributed by atoms with E-state index in [1.54, 1.807) is 6.07 Å². The first kappa shape index (κ1) is 33.1. The summed E-state index contributed by atoms with van der Waals surface area (Å²) in [6.45, 7) is 1.12. The number of ketones is 2. The minimum absolute atomic E-state index is 0.00753. The summed E-state index contributed by atoms with van der Waals surface area (Å²) in [6, 6.07) is 20.2. The highest BCUT2D eigenvalue weighted by atomic mass is 19.2. The van der Waals surface area contributed by atoms with Crippen LogP contribution in [0, 0.1) is 23.3 Å². The van der Waals surface area contributed by atoms with Gasteiger partial charge in [0.05, 0.1) is 18.5 Å². The molecular weight excluding hydrogens is 640 g/mol. The van der Waals surface area contributed by atoms with Gasteiger partial charge in [-0.2, -0.15) is 0 Å². The topological polar surface area (TPSA) is 84.6 Å². The quantitative estimate of drug-likeness (QED) is 0.0660. The second-order valence-corrected chi connectivity index (χ2v) is 11.7. The first-order valence-corrected chi connectivity index (χ1v) is 15.5. The second-order valence-electron chi connectivity index (χ2n) is 11.7. The molecule has 1 saturated heterocycles. The maximum atomic E-state index is 14.5. The molecule has 1 aliphatic heterocycles. The van der Waals surface area contributed by atoms with E-state index in [4.69, 9.17) is 0 Å². The zero-order valence-corrected chi connectivity index (χ0v) is 26.1. The van der Waals surface area contributed by atoms with Gasteiger partial charge in [-0.15, -0.1) is 0 Å². The van der Waals surface area contributed by atoms with E-state index in [9.17, 15) is 36.7 Å². The minimum Gasteiger partial charge on any atom is -0.368 e. The van der Waals surface area contributed by atoms with Gasteiger partial charge in [0.15, 0.2) is 23.2 Å². The fraction of sp³-hybridized carbons (Fsp3) is 0.189. The van der Waals surface area contributed by atoms with E-state index in [0.29, 0.717) is 13.1 Å². The second kappa shape index (κ2) is 14.1. The molecular formula is C37H30F4N4O4. The maximum Gasteiger partial charge on any atom is 0.290 e. The van der Waals surface area contributed by atoms with Crippen LogP contribution in [0.5, 0.6) is 0 Å². The van der Waals surface area contributed by atoms with E-state index in [1.807, 2.05) is 53.4 Å². The number of carbonyl (C=O) groups excluding carboxylic acids is 3. The molecule has 0 aliphatic carbocycles. The summed E-state index contributed by atoms with van der Waals surface area (Å²) >= 11 is 0. The summed E-state index contributed by atoms with van der Waals surface area (Å²) in [4.78, 5) is 56.4. The molecule has 1 aliphatic rings. The first-order chi connectivity index (χ1) is 23.6. The molecule has 1 fully saturated rings. The molecule has 0 unspecified atom stereocenters. The van der Waals surface area contributed by atoms with Crippen LogP contribution in [0.4, 0.5) is 23.2 Å². The van der Waals surface area contributed by atoms with E-state index in [0.717, 1.165) is 28.1 Å². The Kier molecular flexibility index (Phi) is 9.56. The van der Waals surface area contributed by atoms with Gasteiger partial charge in [0, 0.05) is 61.7 Å². The minimum atomic E-state index is -1.64. The Balaban J connectivity index is 1.16. The van der Waals surface area contributed by atoms with Gasteiger partial charge in [0.2, 0.25) is 5.78 Å². The van der Waals surface area contributed by atoms with Crippen LogP contribution in [0.1, 0.15) is 33.5 Å². The lowest BCUT2D eigenvalue weighted by atomic mass is 10.0. The van der Waals surface area contributed by atoms with Crippen LogP contribution >= 0.6 is 0 Å². The SMILES string of the molecule is O=C(CC(=O)c1cc(Cc2cc(F)c(F)c(F)c2)cn(Cc2ccccc2F)c1=O)C(=O)N1CCN(c2ccc(-n3cccc3)cc2)CC1. The van der Waals surface area contributed by atoms with E-state index in [2.05, 4.69) is 4.90 Å². The fourth-order valence-corrected chi connectivity index (χ4v) is 5.87. The van der Waals surface area contributed by atoms with Gasteiger partial charge >= 0.3 is 0 Å². The Hall–Kier alpha value is -5.78. The number of pyridine rings is 1. The van der Waals surface area contributed by atoms with Crippen molar-refractivity contribution in [3.63, 3.8) is 0 Å². The van der Waals surface area contributed by atoms with Gasteiger partial charge in [0.1, 0.15) is 5.82 Å². The molecule has 0 saturated carbocycles. The van der Waals surface area contributed by atoms with Crippen molar-refractivity contribution in [3.05, 3.63) is 153 Å². The number of nitrogens with zero attached hydrogens (tertiary/aromatic N) is 4. The average molecular weight is 671 g/mol. The number of Topliss-reactive ketones (excluding diaryl/α,β-unsaturated/α-hetero) is 2. The number of anilines is 1. The molecule has 3 heterocycles. The normalized spacial score (nSPS) is 13.1. The van der Waals surface area contributed by atoms with Crippen molar-refractivity contribution in [2.24, 2.45) is 0 Å². The van der Waals surface area contributed by atoms with E-state index >= 15 is 0 Å². The van der Waals surface area contributed by atoms with Gasteiger partial charge in [-0.05, 0) is 78.2 Å². The number of aromatic nitrogens is 2. The van der Waals surface area contributed by atoms with E-state index in [-0.39, 0.29) is 42.7 Å². The third-order valence-electron chi connectivity index (χ3n) is 8.44. The molecule has 2 aromatic heterocycles. The van der Waals surface area contributed by atoms with Gasteiger partial charge in [-0.3, -0.25) is 19.2 Å². The Morgan fingerprint density at radius 1 is 0.694 bits per heavy atom. The third kappa shape index (κ3) is 7.38. The number of hydrogen-bond donors (Lipinski definition) is 0. The number of rotatable bonds is 10. The van der Waals surface area contributed by atoms with Crippen molar-refractivity contribution in [1.82, 2.24) is 14.0 Å². The van der Waals surface area contributed by atoms with Crippen molar-refractivity contribution in [1.29, 1.82) is 0 Å². The molecule has 0 atom stereocenters. The summed E-state index contributed by atoms with van der Waals surface area (Å²) < 4.78 is 58.9. The molecule has 3 aromatic carbocycles. The third-order valence-corrected chi connectivity index (χ3v) is 8.44. The Labute approximate surface area is 278 Å². The molecule has 8 nitrogen and oxygen atoms in total. The van der Waals surface area contributed by atoms with Gasteiger partial charge in [0.25, 0.3) is 11.5 Å². The predicted octanol–water partition coefficient (Wildman–Crippen LogP) is 5.33. The van der Waals surface area contributed by atoms with Crippen molar-refractivity contribution in [2.45, 2.75) is 19.4 Å². The summed E-state index contributed by atoms with van der Waals surface area (Å²) in [5, 5.41) is 0. The first-order valence-electron chi connectivity index (χ1n) is 15.5. The zero-order chi connectivity index (χ0) is 34.7. The standard InChI is InChI=1S/C37H30F4N4O4/c38-30-6-2-1-5-26(30)23-45-22-25(17-24-19-31(39)35(41)32(40)20-24)18-29(36(45)48)33(46)21-34(47)37(49)44-15-13-43(14-16-44)28-9-7-27(8-10-28)42-11-3-4-12-42/h1-12,18-20,22H,13-17,21,23H2. The molecule has 0 spiro atoms. The maximum absolute atomic E-state index is 14.5. The van der Waals surface area contributed by atoms with Crippen molar-refractivity contribution in [2.75, 3.05) is 31.1 Å². The van der Waals surface area contributed by atoms with E-state index < -0.39 is 58.3 Å². The molecule has 12 heteroatoms. The smallest absolute Gasteiger partial charge is 0.290 e. The predicted molar refractivity (Wildman–Crippen MR) is 174 cm³/mol. The fourth-order valence-electron chi connectivity index (χ4n) is 5.87. The summed E-state index contributed by atoms with van der Waals surface area (Å²) in [5.41, 5.74) is 1.01. The van der Waals surface area contributed by atoms with Crippen LogP contribution in [0.2, 0.25) is 0 Å². The molecule has 0 bridgehead atoms. The monoisotopic (exact) mass is 670 g/mol. The van der Waals surface area contributed by atoms with Gasteiger partial charge < -0.3 is 18.9 Å².